The van der Waals surface area contributed by atoms with Gasteiger partial charge in [-0.3, -0.25) is 4.79 Å². The summed E-state index contributed by atoms with van der Waals surface area (Å²) in [6, 6.07) is -0.603. The summed E-state index contributed by atoms with van der Waals surface area (Å²) in [6.07, 6.45) is 3.65. The van der Waals surface area contributed by atoms with E-state index in [1.54, 1.807) is 0 Å². The molecule has 0 spiro atoms. The Kier molecular flexibility index (Phi) is 7.20. The minimum atomic E-state index is -1.01. The monoisotopic (exact) mass is 229 g/mol. The van der Waals surface area contributed by atoms with E-state index in [0.717, 1.165) is 12.5 Å². The number of carboxylic acid groups (broad SMARTS) is 1. The number of carbonyl (C=O) groups is 2. The lowest BCUT2D eigenvalue weighted by atomic mass is 10.0. The Hall–Kier alpha value is -1.36. The van der Waals surface area contributed by atoms with Crippen molar-refractivity contribution >= 4 is 11.9 Å². The maximum atomic E-state index is 11.4. The second-order valence-corrected chi connectivity index (χ2v) is 3.61. The average Bonchev–Trinajstić information content (AvgIpc) is 2.25. The maximum Gasteiger partial charge on any atom is 0.327 e. The van der Waals surface area contributed by atoms with E-state index in [0.29, 0.717) is 6.42 Å². The first-order chi connectivity index (χ1) is 7.49. The second kappa shape index (κ2) is 7.87. The number of carboxylic acids is 1. The third-order valence-corrected chi connectivity index (χ3v) is 2.32. The lowest BCUT2D eigenvalue weighted by Crippen LogP contribution is -2.38. The van der Waals surface area contributed by atoms with Gasteiger partial charge in [0.25, 0.3) is 0 Å². The SMILES string of the molecule is CCC(C)C(N)C(=O)OCCC=CC(=O)O. The van der Waals surface area contributed by atoms with Crippen LogP contribution in [0.3, 0.4) is 0 Å². The van der Waals surface area contributed by atoms with Gasteiger partial charge in [0.2, 0.25) is 0 Å². The number of hydrogen-bond acceptors (Lipinski definition) is 4. The molecule has 0 rings (SSSR count). The highest BCUT2D eigenvalue weighted by atomic mass is 16.5. The number of esters is 1. The van der Waals surface area contributed by atoms with Crippen LogP contribution in [-0.2, 0) is 14.3 Å². The molecule has 0 radical (unpaired) electrons. The van der Waals surface area contributed by atoms with Gasteiger partial charge in [0.15, 0.2) is 0 Å². The molecule has 2 unspecified atom stereocenters. The molecule has 0 aliphatic rings. The van der Waals surface area contributed by atoms with E-state index < -0.39 is 18.0 Å². The summed E-state index contributed by atoms with van der Waals surface area (Å²) in [7, 11) is 0. The van der Waals surface area contributed by atoms with Crippen LogP contribution >= 0.6 is 0 Å². The van der Waals surface area contributed by atoms with Gasteiger partial charge in [-0.05, 0) is 5.92 Å². The molecule has 92 valence electrons. The maximum absolute atomic E-state index is 11.4. The summed E-state index contributed by atoms with van der Waals surface area (Å²) in [4.78, 5) is 21.5. The minimum absolute atomic E-state index is 0.0852. The summed E-state index contributed by atoms with van der Waals surface area (Å²) >= 11 is 0. The van der Waals surface area contributed by atoms with Crippen LogP contribution in [0.2, 0.25) is 0 Å². The van der Waals surface area contributed by atoms with E-state index in [2.05, 4.69) is 0 Å². The van der Waals surface area contributed by atoms with Crippen molar-refractivity contribution < 1.29 is 19.4 Å². The number of ether oxygens (including phenoxy) is 1. The number of rotatable bonds is 7. The van der Waals surface area contributed by atoms with Crippen molar-refractivity contribution in [1.82, 2.24) is 0 Å². The van der Waals surface area contributed by atoms with Gasteiger partial charge in [0.05, 0.1) is 6.61 Å². The van der Waals surface area contributed by atoms with Crippen LogP contribution in [0.25, 0.3) is 0 Å². The van der Waals surface area contributed by atoms with Crippen molar-refractivity contribution in [1.29, 1.82) is 0 Å². The van der Waals surface area contributed by atoms with E-state index in [-0.39, 0.29) is 12.5 Å². The van der Waals surface area contributed by atoms with E-state index in [1.165, 1.54) is 6.08 Å². The predicted molar refractivity (Wildman–Crippen MR) is 59.8 cm³/mol. The fraction of sp³-hybridized carbons (Fsp3) is 0.636. The molecule has 0 saturated carbocycles. The molecule has 0 heterocycles. The zero-order valence-corrected chi connectivity index (χ0v) is 9.68. The summed E-state index contributed by atoms with van der Waals surface area (Å²) in [5.41, 5.74) is 5.65. The normalized spacial score (nSPS) is 14.7. The van der Waals surface area contributed by atoms with Crippen molar-refractivity contribution in [3.8, 4) is 0 Å². The van der Waals surface area contributed by atoms with Gasteiger partial charge in [0.1, 0.15) is 6.04 Å². The molecule has 0 aromatic rings. The Morgan fingerprint density at radius 1 is 1.50 bits per heavy atom. The lowest BCUT2D eigenvalue weighted by Gasteiger charge is -2.16. The van der Waals surface area contributed by atoms with Gasteiger partial charge in [-0.15, -0.1) is 0 Å². The Bertz CT molecular complexity index is 263. The van der Waals surface area contributed by atoms with Gasteiger partial charge < -0.3 is 15.6 Å². The standard InChI is InChI=1S/C11H19NO4/c1-3-8(2)10(12)11(15)16-7-5-4-6-9(13)14/h4,6,8,10H,3,5,7,12H2,1-2H3,(H,13,14). The molecule has 16 heavy (non-hydrogen) atoms. The summed E-state index contributed by atoms with van der Waals surface area (Å²) < 4.78 is 4.90. The Morgan fingerprint density at radius 2 is 2.12 bits per heavy atom. The topological polar surface area (TPSA) is 89.6 Å². The first-order valence-corrected chi connectivity index (χ1v) is 5.30. The van der Waals surface area contributed by atoms with Crippen LogP contribution in [0.1, 0.15) is 26.7 Å². The Morgan fingerprint density at radius 3 is 2.62 bits per heavy atom. The number of hydrogen-bond donors (Lipinski definition) is 2. The largest absolute Gasteiger partial charge is 0.478 e. The van der Waals surface area contributed by atoms with Crippen molar-refractivity contribution in [2.24, 2.45) is 11.7 Å². The third-order valence-electron chi connectivity index (χ3n) is 2.32. The van der Waals surface area contributed by atoms with Crippen LogP contribution in [0.5, 0.6) is 0 Å². The van der Waals surface area contributed by atoms with Crippen molar-refractivity contribution in [2.75, 3.05) is 6.61 Å². The van der Waals surface area contributed by atoms with Crippen LogP contribution in [0.4, 0.5) is 0 Å². The molecular formula is C11H19NO4. The van der Waals surface area contributed by atoms with Gasteiger partial charge in [0, 0.05) is 12.5 Å². The third kappa shape index (κ3) is 6.19. The van der Waals surface area contributed by atoms with Crippen LogP contribution in [0.15, 0.2) is 12.2 Å². The van der Waals surface area contributed by atoms with Gasteiger partial charge in [-0.25, -0.2) is 4.79 Å². The van der Waals surface area contributed by atoms with E-state index >= 15 is 0 Å². The molecule has 3 N–H and O–H groups in total. The molecular weight excluding hydrogens is 210 g/mol. The predicted octanol–water partition coefficient (Wildman–Crippen LogP) is 0.934. The zero-order chi connectivity index (χ0) is 12.6. The summed E-state index contributed by atoms with van der Waals surface area (Å²) in [6.45, 7) is 4.00. The number of nitrogens with two attached hydrogens (primary N) is 1. The highest BCUT2D eigenvalue weighted by Gasteiger charge is 2.20. The first kappa shape index (κ1) is 14.6. The quantitative estimate of drug-likeness (QED) is 0.385. The van der Waals surface area contributed by atoms with Crippen LogP contribution in [0, 0.1) is 5.92 Å². The molecule has 0 aromatic heterocycles. The highest BCUT2D eigenvalue weighted by molar-refractivity contribution is 5.79. The fourth-order valence-electron chi connectivity index (χ4n) is 0.994. The van der Waals surface area contributed by atoms with Gasteiger partial charge in [-0.1, -0.05) is 26.3 Å². The van der Waals surface area contributed by atoms with Crippen LogP contribution < -0.4 is 5.73 Å². The molecule has 0 aliphatic carbocycles. The summed E-state index contributed by atoms with van der Waals surface area (Å²) in [5, 5.41) is 8.30. The molecule has 0 bridgehead atoms. The summed E-state index contributed by atoms with van der Waals surface area (Å²) in [5.74, 6) is -1.36. The van der Waals surface area contributed by atoms with Gasteiger partial charge >= 0.3 is 11.9 Å². The van der Waals surface area contributed by atoms with Crippen molar-refractivity contribution in [2.45, 2.75) is 32.7 Å². The number of aliphatic carboxylic acids is 1. The van der Waals surface area contributed by atoms with Crippen LogP contribution in [-0.4, -0.2) is 29.7 Å². The van der Waals surface area contributed by atoms with Crippen molar-refractivity contribution in [3.05, 3.63) is 12.2 Å². The minimum Gasteiger partial charge on any atom is -0.478 e. The molecule has 0 aliphatic heterocycles. The van der Waals surface area contributed by atoms with E-state index in [4.69, 9.17) is 15.6 Å². The lowest BCUT2D eigenvalue weighted by molar-refractivity contribution is -0.146. The smallest absolute Gasteiger partial charge is 0.327 e. The van der Waals surface area contributed by atoms with Crippen molar-refractivity contribution in [3.63, 3.8) is 0 Å². The molecule has 0 saturated heterocycles. The van der Waals surface area contributed by atoms with Gasteiger partial charge in [-0.2, -0.15) is 0 Å². The highest BCUT2D eigenvalue weighted by Crippen LogP contribution is 2.06. The Labute approximate surface area is 95.3 Å². The van der Waals surface area contributed by atoms with E-state index in [9.17, 15) is 9.59 Å². The molecule has 5 nitrogen and oxygen atoms in total. The first-order valence-electron chi connectivity index (χ1n) is 5.30. The fourth-order valence-corrected chi connectivity index (χ4v) is 0.994. The number of carbonyl (C=O) groups excluding carboxylic acids is 1. The zero-order valence-electron chi connectivity index (χ0n) is 9.68. The second-order valence-electron chi connectivity index (χ2n) is 3.61. The Balaban J connectivity index is 3.77. The molecule has 0 aromatic carbocycles. The molecule has 2 atom stereocenters. The molecule has 5 heteroatoms. The van der Waals surface area contributed by atoms with E-state index in [1.807, 2.05) is 13.8 Å². The molecule has 0 amide bonds. The molecule has 0 fully saturated rings. The average molecular weight is 229 g/mol.